The molecule has 0 atom stereocenters. The van der Waals surface area contributed by atoms with Gasteiger partial charge in [-0.05, 0) is 35.7 Å². The molecule has 0 radical (unpaired) electrons. The number of methoxy groups -OCH3 is 3. The quantitative estimate of drug-likeness (QED) is 0.667. The van der Waals surface area contributed by atoms with Gasteiger partial charge in [-0.2, -0.15) is 0 Å². The molecule has 0 aliphatic heterocycles. The Bertz CT molecular complexity index is 898. The predicted octanol–water partition coefficient (Wildman–Crippen LogP) is 4.56. The second kappa shape index (κ2) is 6.81. The molecule has 1 heterocycles. The highest BCUT2D eigenvalue weighted by atomic mass is 16.5. The van der Waals surface area contributed by atoms with Crippen LogP contribution < -0.4 is 14.2 Å². The van der Waals surface area contributed by atoms with Gasteiger partial charge in [0.1, 0.15) is 11.3 Å². The van der Waals surface area contributed by atoms with Gasteiger partial charge < -0.3 is 23.7 Å². The maximum absolute atomic E-state index is 10.1. The van der Waals surface area contributed by atoms with E-state index in [-0.39, 0.29) is 5.75 Å². The molecule has 0 unspecified atom stereocenters. The third-order valence-corrected chi connectivity index (χ3v) is 4.11. The summed E-state index contributed by atoms with van der Waals surface area (Å²) in [6.07, 6.45) is 3.98. The zero-order valence-corrected chi connectivity index (χ0v) is 14.5. The monoisotopic (exact) mass is 340 g/mol. The zero-order chi connectivity index (χ0) is 18.0. The fourth-order valence-corrected chi connectivity index (χ4v) is 2.89. The van der Waals surface area contributed by atoms with E-state index in [4.69, 9.17) is 18.6 Å². The van der Waals surface area contributed by atoms with Crippen LogP contribution in [0.25, 0.3) is 22.1 Å². The third kappa shape index (κ3) is 2.89. The van der Waals surface area contributed by atoms with Crippen LogP contribution in [0.2, 0.25) is 0 Å². The van der Waals surface area contributed by atoms with Gasteiger partial charge in [0, 0.05) is 17.0 Å². The average molecular weight is 340 g/mol. The van der Waals surface area contributed by atoms with Gasteiger partial charge in [0.15, 0.2) is 11.5 Å². The summed E-state index contributed by atoms with van der Waals surface area (Å²) >= 11 is 0. The molecule has 2 aromatic carbocycles. The molecule has 5 nitrogen and oxygen atoms in total. The normalized spacial score (nSPS) is 10.7. The van der Waals surface area contributed by atoms with Crippen molar-refractivity contribution in [1.29, 1.82) is 0 Å². The second-order valence-electron chi connectivity index (χ2n) is 5.53. The standard InChI is InChI=1S/C20H20O5/c1-5-6-12-7-14-15(11-25-17(14)10-16(12)21)13-8-18(22-2)20(24-4)19(9-13)23-3/h5,7-11,21H,1,6H2,2-4H3. The second-order valence-corrected chi connectivity index (χ2v) is 5.53. The number of phenols is 1. The molecule has 25 heavy (non-hydrogen) atoms. The number of rotatable bonds is 6. The molecule has 0 fully saturated rings. The van der Waals surface area contributed by atoms with Crippen LogP contribution in [0, 0.1) is 0 Å². The summed E-state index contributed by atoms with van der Waals surface area (Å²) in [5, 5.41) is 11.0. The Morgan fingerprint density at radius 1 is 1.04 bits per heavy atom. The molecular formula is C20H20O5. The molecule has 0 bridgehead atoms. The molecule has 5 heteroatoms. The van der Waals surface area contributed by atoms with E-state index in [1.54, 1.807) is 39.7 Å². The van der Waals surface area contributed by atoms with Crippen LogP contribution in [0.15, 0.2) is 47.6 Å². The summed E-state index contributed by atoms with van der Waals surface area (Å²) in [5.74, 6) is 1.86. The SMILES string of the molecule is C=CCc1cc2c(-c3cc(OC)c(OC)c(OC)c3)coc2cc1O. The van der Waals surface area contributed by atoms with Crippen LogP contribution in [0.1, 0.15) is 5.56 Å². The number of aromatic hydroxyl groups is 1. The van der Waals surface area contributed by atoms with Gasteiger partial charge in [0.05, 0.1) is 27.6 Å². The molecular weight excluding hydrogens is 320 g/mol. The summed E-state index contributed by atoms with van der Waals surface area (Å²) in [4.78, 5) is 0. The lowest BCUT2D eigenvalue weighted by molar-refractivity contribution is 0.324. The van der Waals surface area contributed by atoms with E-state index in [0.29, 0.717) is 29.3 Å². The maximum Gasteiger partial charge on any atom is 0.203 e. The molecule has 130 valence electrons. The fraction of sp³-hybridized carbons (Fsp3) is 0.200. The summed E-state index contributed by atoms with van der Waals surface area (Å²) in [7, 11) is 4.72. The van der Waals surface area contributed by atoms with E-state index < -0.39 is 0 Å². The topological polar surface area (TPSA) is 61.1 Å². The number of ether oxygens (including phenoxy) is 3. The van der Waals surface area contributed by atoms with E-state index in [9.17, 15) is 5.11 Å². The number of phenolic OH excluding ortho intramolecular Hbond substituents is 1. The van der Waals surface area contributed by atoms with Crippen molar-refractivity contribution < 1.29 is 23.7 Å². The lowest BCUT2D eigenvalue weighted by Gasteiger charge is -2.13. The lowest BCUT2D eigenvalue weighted by Crippen LogP contribution is -1.95. The van der Waals surface area contributed by atoms with Crippen molar-refractivity contribution in [2.45, 2.75) is 6.42 Å². The zero-order valence-electron chi connectivity index (χ0n) is 14.5. The van der Waals surface area contributed by atoms with E-state index in [0.717, 1.165) is 22.1 Å². The van der Waals surface area contributed by atoms with E-state index in [1.165, 1.54) is 0 Å². The van der Waals surface area contributed by atoms with Gasteiger partial charge in [-0.15, -0.1) is 6.58 Å². The van der Waals surface area contributed by atoms with Gasteiger partial charge in [-0.1, -0.05) is 6.08 Å². The molecule has 0 spiro atoms. The van der Waals surface area contributed by atoms with E-state index in [1.807, 2.05) is 18.2 Å². The van der Waals surface area contributed by atoms with Gasteiger partial charge in [0.25, 0.3) is 0 Å². The minimum atomic E-state index is 0.193. The molecule has 0 saturated carbocycles. The maximum atomic E-state index is 10.1. The van der Waals surface area contributed by atoms with Crippen LogP contribution in [0.4, 0.5) is 0 Å². The summed E-state index contributed by atoms with van der Waals surface area (Å²) in [6, 6.07) is 7.27. The van der Waals surface area contributed by atoms with Crippen molar-refractivity contribution in [2.75, 3.05) is 21.3 Å². The number of furan rings is 1. The van der Waals surface area contributed by atoms with Gasteiger partial charge in [-0.3, -0.25) is 0 Å². The molecule has 0 amide bonds. The van der Waals surface area contributed by atoms with Crippen molar-refractivity contribution in [3.05, 3.63) is 48.7 Å². The molecule has 0 saturated heterocycles. The van der Waals surface area contributed by atoms with Crippen molar-refractivity contribution in [3.8, 4) is 34.1 Å². The largest absolute Gasteiger partial charge is 0.508 e. The molecule has 1 N–H and O–H groups in total. The first-order chi connectivity index (χ1) is 12.1. The minimum Gasteiger partial charge on any atom is -0.508 e. The van der Waals surface area contributed by atoms with Crippen molar-refractivity contribution in [2.24, 2.45) is 0 Å². The van der Waals surface area contributed by atoms with Crippen LogP contribution in [-0.4, -0.2) is 26.4 Å². The Kier molecular flexibility index (Phi) is 4.57. The van der Waals surface area contributed by atoms with Crippen molar-refractivity contribution in [3.63, 3.8) is 0 Å². The highest BCUT2D eigenvalue weighted by molar-refractivity contribution is 5.96. The first-order valence-corrected chi connectivity index (χ1v) is 7.77. The summed E-state index contributed by atoms with van der Waals surface area (Å²) < 4.78 is 21.8. The molecule has 0 aliphatic carbocycles. The number of hydrogen-bond donors (Lipinski definition) is 1. The van der Waals surface area contributed by atoms with E-state index >= 15 is 0 Å². The highest BCUT2D eigenvalue weighted by Gasteiger charge is 2.17. The predicted molar refractivity (Wildman–Crippen MR) is 96.9 cm³/mol. The van der Waals surface area contributed by atoms with Crippen LogP contribution in [0.5, 0.6) is 23.0 Å². The summed E-state index contributed by atoms with van der Waals surface area (Å²) in [5.41, 5.74) is 3.13. The molecule has 3 aromatic rings. The lowest BCUT2D eigenvalue weighted by atomic mass is 10.0. The van der Waals surface area contributed by atoms with Gasteiger partial charge in [-0.25, -0.2) is 0 Å². The third-order valence-electron chi connectivity index (χ3n) is 4.11. The van der Waals surface area contributed by atoms with Gasteiger partial charge in [0.2, 0.25) is 5.75 Å². The van der Waals surface area contributed by atoms with Crippen molar-refractivity contribution >= 4 is 11.0 Å². The van der Waals surface area contributed by atoms with E-state index in [2.05, 4.69) is 6.58 Å². The number of hydrogen-bond acceptors (Lipinski definition) is 5. The van der Waals surface area contributed by atoms with Gasteiger partial charge >= 0.3 is 0 Å². The number of fused-ring (bicyclic) bond motifs is 1. The van der Waals surface area contributed by atoms with Crippen molar-refractivity contribution in [1.82, 2.24) is 0 Å². The minimum absolute atomic E-state index is 0.193. The Hall–Kier alpha value is -3.08. The Morgan fingerprint density at radius 3 is 2.28 bits per heavy atom. The number of allylic oxidation sites excluding steroid dienone is 1. The first kappa shape index (κ1) is 16.8. The highest BCUT2D eigenvalue weighted by Crippen LogP contribution is 2.43. The summed E-state index contributed by atoms with van der Waals surface area (Å²) in [6.45, 7) is 3.73. The first-order valence-electron chi connectivity index (χ1n) is 7.77. The van der Waals surface area contributed by atoms with Crippen LogP contribution in [-0.2, 0) is 6.42 Å². The Balaban J connectivity index is 2.22. The Morgan fingerprint density at radius 2 is 1.72 bits per heavy atom. The molecule has 1 aromatic heterocycles. The smallest absolute Gasteiger partial charge is 0.203 e. The fourth-order valence-electron chi connectivity index (χ4n) is 2.89. The molecule has 0 aliphatic rings. The Labute approximate surface area is 146 Å². The molecule has 3 rings (SSSR count). The average Bonchev–Trinajstić information content (AvgIpc) is 3.03. The number of benzene rings is 2. The van der Waals surface area contributed by atoms with Crippen LogP contribution >= 0.6 is 0 Å². The van der Waals surface area contributed by atoms with Crippen LogP contribution in [0.3, 0.4) is 0 Å².